The van der Waals surface area contributed by atoms with Crippen molar-refractivity contribution in [3.8, 4) is 6.07 Å². The SMILES string of the molecule is N#Cc1cccc(C[C@@H](NC(=O)c2cccnc2)C(N)=O)c1. The number of nitrogens with two attached hydrogens (primary N) is 1. The van der Waals surface area contributed by atoms with Crippen molar-refractivity contribution in [1.82, 2.24) is 10.3 Å². The van der Waals surface area contributed by atoms with Gasteiger partial charge >= 0.3 is 0 Å². The number of hydrogen-bond acceptors (Lipinski definition) is 4. The van der Waals surface area contributed by atoms with Crippen LogP contribution in [0.1, 0.15) is 21.5 Å². The van der Waals surface area contributed by atoms with Gasteiger partial charge in [-0.25, -0.2) is 0 Å². The van der Waals surface area contributed by atoms with Crippen molar-refractivity contribution in [3.05, 3.63) is 65.5 Å². The van der Waals surface area contributed by atoms with Crippen LogP contribution < -0.4 is 11.1 Å². The Hall–Kier alpha value is -3.20. The maximum Gasteiger partial charge on any atom is 0.253 e. The van der Waals surface area contributed by atoms with Crippen molar-refractivity contribution in [2.45, 2.75) is 12.5 Å². The molecule has 22 heavy (non-hydrogen) atoms. The van der Waals surface area contributed by atoms with Crippen LogP contribution in [-0.4, -0.2) is 22.8 Å². The summed E-state index contributed by atoms with van der Waals surface area (Å²) in [5.41, 5.74) is 6.92. The summed E-state index contributed by atoms with van der Waals surface area (Å²) in [4.78, 5) is 27.5. The predicted octanol–water partition coefficient (Wildman–Crippen LogP) is 0.780. The van der Waals surface area contributed by atoms with Crippen LogP contribution in [0.4, 0.5) is 0 Å². The molecule has 0 saturated carbocycles. The highest BCUT2D eigenvalue weighted by molar-refractivity contribution is 5.97. The molecular formula is C16H14N4O2. The first-order chi connectivity index (χ1) is 10.6. The van der Waals surface area contributed by atoms with Crippen molar-refractivity contribution >= 4 is 11.8 Å². The fourth-order valence-corrected chi connectivity index (χ4v) is 1.96. The molecule has 0 radical (unpaired) electrons. The lowest BCUT2D eigenvalue weighted by atomic mass is 10.0. The predicted molar refractivity (Wildman–Crippen MR) is 79.5 cm³/mol. The molecule has 0 bridgehead atoms. The molecule has 0 aliphatic heterocycles. The number of nitriles is 1. The minimum absolute atomic E-state index is 0.219. The molecule has 2 rings (SSSR count). The van der Waals surface area contributed by atoms with E-state index in [1.54, 1.807) is 42.6 Å². The molecule has 2 aromatic rings. The number of nitrogens with zero attached hydrogens (tertiary/aromatic N) is 2. The Morgan fingerprint density at radius 1 is 1.32 bits per heavy atom. The van der Waals surface area contributed by atoms with Crippen LogP contribution >= 0.6 is 0 Å². The van der Waals surface area contributed by atoms with Crippen molar-refractivity contribution in [2.75, 3.05) is 0 Å². The van der Waals surface area contributed by atoms with Crippen LogP contribution in [0.3, 0.4) is 0 Å². The van der Waals surface area contributed by atoms with Crippen molar-refractivity contribution < 1.29 is 9.59 Å². The normalized spacial score (nSPS) is 11.2. The van der Waals surface area contributed by atoms with E-state index in [0.29, 0.717) is 11.1 Å². The van der Waals surface area contributed by atoms with E-state index in [4.69, 9.17) is 11.0 Å². The van der Waals surface area contributed by atoms with Crippen LogP contribution in [0.5, 0.6) is 0 Å². The largest absolute Gasteiger partial charge is 0.368 e. The third-order valence-corrected chi connectivity index (χ3v) is 3.07. The topological polar surface area (TPSA) is 109 Å². The quantitative estimate of drug-likeness (QED) is 0.849. The fraction of sp³-hybridized carbons (Fsp3) is 0.125. The lowest BCUT2D eigenvalue weighted by molar-refractivity contribution is -0.119. The molecule has 6 heteroatoms. The number of carbonyl (C=O) groups is 2. The van der Waals surface area contributed by atoms with Gasteiger partial charge in [0.2, 0.25) is 5.91 Å². The molecule has 110 valence electrons. The molecule has 2 amide bonds. The van der Waals surface area contributed by atoms with Gasteiger partial charge in [0.05, 0.1) is 17.2 Å². The van der Waals surface area contributed by atoms with Gasteiger partial charge in [-0.1, -0.05) is 12.1 Å². The summed E-state index contributed by atoms with van der Waals surface area (Å²) in [6.07, 6.45) is 3.18. The summed E-state index contributed by atoms with van der Waals surface area (Å²) < 4.78 is 0. The first kappa shape index (κ1) is 15.2. The molecular weight excluding hydrogens is 280 g/mol. The van der Waals surface area contributed by atoms with Gasteiger partial charge < -0.3 is 11.1 Å². The van der Waals surface area contributed by atoms with Crippen LogP contribution in [0.2, 0.25) is 0 Å². The first-order valence-electron chi connectivity index (χ1n) is 6.59. The third kappa shape index (κ3) is 3.90. The summed E-state index contributed by atoms with van der Waals surface area (Å²) in [6, 6.07) is 11.2. The average Bonchev–Trinajstić information content (AvgIpc) is 2.55. The molecule has 0 aliphatic rings. The van der Waals surface area contributed by atoms with Gasteiger partial charge in [0.25, 0.3) is 5.91 Å². The number of benzene rings is 1. The van der Waals surface area contributed by atoms with Crippen molar-refractivity contribution in [3.63, 3.8) is 0 Å². The Kier molecular flexibility index (Phi) is 4.83. The number of pyridine rings is 1. The van der Waals surface area contributed by atoms with E-state index >= 15 is 0 Å². The number of nitrogens with one attached hydrogen (secondary N) is 1. The van der Waals surface area contributed by atoms with E-state index in [1.165, 1.54) is 6.20 Å². The Morgan fingerprint density at radius 3 is 2.77 bits per heavy atom. The Morgan fingerprint density at radius 2 is 2.14 bits per heavy atom. The maximum atomic E-state index is 12.1. The lowest BCUT2D eigenvalue weighted by Crippen LogP contribution is -2.45. The van der Waals surface area contributed by atoms with E-state index in [1.807, 2.05) is 6.07 Å². The molecule has 6 nitrogen and oxygen atoms in total. The van der Waals surface area contributed by atoms with Crippen LogP contribution in [0.25, 0.3) is 0 Å². The van der Waals surface area contributed by atoms with Gasteiger partial charge in [-0.2, -0.15) is 5.26 Å². The Labute approximate surface area is 127 Å². The molecule has 1 aromatic heterocycles. The number of rotatable bonds is 5. The van der Waals surface area contributed by atoms with Gasteiger partial charge in [-0.3, -0.25) is 14.6 Å². The van der Waals surface area contributed by atoms with E-state index in [9.17, 15) is 9.59 Å². The van der Waals surface area contributed by atoms with Gasteiger partial charge in [-0.15, -0.1) is 0 Å². The molecule has 1 heterocycles. The Balaban J connectivity index is 2.12. The Bertz CT molecular complexity index is 722. The molecule has 1 atom stereocenters. The molecule has 0 unspecified atom stereocenters. The zero-order chi connectivity index (χ0) is 15.9. The molecule has 0 spiro atoms. The highest BCUT2D eigenvalue weighted by Gasteiger charge is 2.19. The van der Waals surface area contributed by atoms with E-state index in [2.05, 4.69) is 10.3 Å². The zero-order valence-electron chi connectivity index (χ0n) is 11.7. The highest BCUT2D eigenvalue weighted by atomic mass is 16.2. The van der Waals surface area contributed by atoms with Gasteiger partial charge in [-0.05, 0) is 29.8 Å². The average molecular weight is 294 g/mol. The van der Waals surface area contributed by atoms with Gasteiger partial charge in [0, 0.05) is 18.8 Å². The summed E-state index contributed by atoms with van der Waals surface area (Å²) in [6.45, 7) is 0. The third-order valence-electron chi connectivity index (χ3n) is 3.07. The number of hydrogen-bond donors (Lipinski definition) is 2. The zero-order valence-corrected chi connectivity index (χ0v) is 11.7. The molecule has 1 aromatic carbocycles. The minimum Gasteiger partial charge on any atom is -0.368 e. The van der Waals surface area contributed by atoms with E-state index in [0.717, 1.165) is 5.56 Å². The monoisotopic (exact) mass is 294 g/mol. The highest BCUT2D eigenvalue weighted by Crippen LogP contribution is 2.08. The molecule has 0 saturated heterocycles. The van der Waals surface area contributed by atoms with Crippen LogP contribution in [0.15, 0.2) is 48.8 Å². The first-order valence-corrected chi connectivity index (χ1v) is 6.59. The molecule has 3 N–H and O–H groups in total. The number of primary amides is 1. The summed E-state index contributed by atoms with van der Waals surface area (Å²) >= 11 is 0. The van der Waals surface area contributed by atoms with Crippen molar-refractivity contribution in [1.29, 1.82) is 5.26 Å². The van der Waals surface area contributed by atoms with Gasteiger partial charge in [0.15, 0.2) is 0 Å². The standard InChI is InChI=1S/C16H14N4O2/c17-9-12-4-1-3-11(7-12)8-14(15(18)21)20-16(22)13-5-2-6-19-10-13/h1-7,10,14H,8H2,(H2,18,21)(H,20,22)/t14-/m1/s1. The lowest BCUT2D eigenvalue weighted by Gasteiger charge is -2.15. The second-order valence-corrected chi connectivity index (χ2v) is 4.69. The summed E-state index contributed by atoms with van der Waals surface area (Å²) in [5, 5.41) is 11.5. The molecule has 0 fully saturated rings. The minimum atomic E-state index is -0.860. The van der Waals surface area contributed by atoms with E-state index < -0.39 is 17.9 Å². The van der Waals surface area contributed by atoms with Gasteiger partial charge in [0.1, 0.15) is 6.04 Å². The van der Waals surface area contributed by atoms with E-state index in [-0.39, 0.29) is 6.42 Å². The smallest absolute Gasteiger partial charge is 0.253 e. The number of carbonyl (C=O) groups excluding carboxylic acids is 2. The van der Waals surface area contributed by atoms with Crippen LogP contribution in [0, 0.1) is 11.3 Å². The summed E-state index contributed by atoms with van der Waals surface area (Å²) in [7, 11) is 0. The van der Waals surface area contributed by atoms with Crippen LogP contribution in [-0.2, 0) is 11.2 Å². The second kappa shape index (κ2) is 6.99. The van der Waals surface area contributed by atoms with Crippen molar-refractivity contribution in [2.24, 2.45) is 5.73 Å². The fourth-order valence-electron chi connectivity index (χ4n) is 1.96. The molecule has 0 aliphatic carbocycles. The summed E-state index contributed by atoms with van der Waals surface area (Å²) in [5.74, 6) is -1.06. The second-order valence-electron chi connectivity index (χ2n) is 4.69. The number of amides is 2. The number of aromatic nitrogens is 1. The maximum absolute atomic E-state index is 12.1.